The van der Waals surface area contributed by atoms with Gasteiger partial charge in [-0.2, -0.15) is 0 Å². The van der Waals surface area contributed by atoms with Crippen LogP contribution in [0.15, 0.2) is 6.33 Å². The average Bonchev–Trinajstić information content (AvgIpc) is 3.20. The van der Waals surface area contributed by atoms with Gasteiger partial charge in [0.1, 0.15) is 5.69 Å². The molecule has 0 saturated carbocycles. The minimum absolute atomic E-state index is 0.0337. The number of imidazole rings is 1. The van der Waals surface area contributed by atoms with Crippen LogP contribution in [0.4, 0.5) is 0 Å². The van der Waals surface area contributed by atoms with E-state index in [9.17, 15) is 9.59 Å². The van der Waals surface area contributed by atoms with Gasteiger partial charge in [0.2, 0.25) is 5.91 Å². The number of amides is 2. The number of rotatable bonds is 4. The summed E-state index contributed by atoms with van der Waals surface area (Å²) in [6.45, 7) is 5.14. The summed E-state index contributed by atoms with van der Waals surface area (Å²) in [6.07, 6.45) is 6.43. The highest BCUT2D eigenvalue weighted by Crippen LogP contribution is 2.25. The van der Waals surface area contributed by atoms with Gasteiger partial charge in [0.25, 0.3) is 5.91 Å². The highest BCUT2D eigenvalue weighted by molar-refractivity contribution is 5.93. The van der Waals surface area contributed by atoms with E-state index in [0.29, 0.717) is 18.8 Å². The van der Waals surface area contributed by atoms with Gasteiger partial charge in [-0.15, -0.1) is 0 Å². The van der Waals surface area contributed by atoms with Gasteiger partial charge in [0, 0.05) is 26.2 Å². The lowest BCUT2D eigenvalue weighted by atomic mass is 9.95. The van der Waals surface area contributed by atoms with E-state index in [1.807, 2.05) is 16.4 Å². The summed E-state index contributed by atoms with van der Waals surface area (Å²) in [7, 11) is 0. The van der Waals surface area contributed by atoms with Crippen molar-refractivity contribution in [3.05, 3.63) is 17.7 Å². The molecule has 1 aromatic rings. The smallest absolute Gasteiger partial charge is 0.271 e. The Morgan fingerprint density at radius 1 is 1.36 bits per heavy atom. The van der Waals surface area contributed by atoms with E-state index >= 15 is 0 Å². The molecule has 0 aromatic carbocycles. The molecule has 3 rings (SSSR count). The highest BCUT2D eigenvalue weighted by atomic mass is 16.2. The Labute approximate surface area is 130 Å². The third-order valence-electron chi connectivity index (χ3n) is 4.61. The number of hydrogen-bond acceptors (Lipinski definition) is 3. The van der Waals surface area contributed by atoms with Crippen molar-refractivity contribution >= 4 is 11.8 Å². The van der Waals surface area contributed by atoms with Crippen LogP contribution in [-0.4, -0.2) is 45.9 Å². The molecule has 2 aliphatic rings. The minimum atomic E-state index is -0.0973. The summed E-state index contributed by atoms with van der Waals surface area (Å²) in [4.78, 5) is 30.9. The molecule has 0 spiro atoms. The molecule has 1 N–H and O–H groups in total. The fourth-order valence-corrected chi connectivity index (χ4v) is 3.38. The predicted molar refractivity (Wildman–Crippen MR) is 82.5 cm³/mol. The van der Waals surface area contributed by atoms with E-state index in [1.54, 1.807) is 6.33 Å². The molecule has 3 heterocycles. The van der Waals surface area contributed by atoms with Gasteiger partial charge >= 0.3 is 0 Å². The molecule has 0 bridgehead atoms. The van der Waals surface area contributed by atoms with E-state index < -0.39 is 0 Å². The molecule has 22 heavy (non-hydrogen) atoms. The van der Waals surface area contributed by atoms with Crippen molar-refractivity contribution in [1.82, 2.24) is 19.8 Å². The predicted octanol–water partition coefficient (Wildman–Crippen LogP) is 1.21. The Morgan fingerprint density at radius 2 is 2.14 bits per heavy atom. The van der Waals surface area contributed by atoms with Crippen molar-refractivity contribution in [1.29, 1.82) is 0 Å². The third kappa shape index (κ3) is 2.87. The lowest BCUT2D eigenvalue weighted by Crippen LogP contribution is -2.38. The van der Waals surface area contributed by atoms with Gasteiger partial charge in [-0.25, -0.2) is 4.98 Å². The molecular formula is C16H24N4O2. The van der Waals surface area contributed by atoms with Crippen LogP contribution in [0, 0.1) is 5.92 Å². The van der Waals surface area contributed by atoms with Gasteiger partial charge in [0.15, 0.2) is 0 Å². The Hall–Kier alpha value is -1.85. The van der Waals surface area contributed by atoms with Gasteiger partial charge in [-0.05, 0) is 32.1 Å². The van der Waals surface area contributed by atoms with Crippen LogP contribution in [0.3, 0.4) is 0 Å². The number of likely N-dealkylation sites (tertiary alicyclic amines) is 1. The monoisotopic (exact) mass is 304 g/mol. The molecular weight excluding hydrogens is 280 g/mol. The summed E-state index contributed by atoms with van der Waals surface area (Å²) < 4.78 is 1.99. The fraction of sp³-hybridized carbons (Fsp3) is 0.688. The SMILES string of the molecule is CCCNC(=O)c1ncn2c1CCC(C(=O)N1CCCC1)C2. The first kappa shape index (κ1) is 15.1. The van der Waals surface area contributed by atoms with Crippen LogP contribution in [-0.2, 0) is 17.8 Å². The molecule has 1 fully saturated rings. The van der Waals surface area contributed by atoms with E-state index in [4.69, 9.17) is 0 Å². The molecule has 120 valence electrons. The van der Waals surface area contributed by atoms with Crippen LogP contribution in [0.2, 0.25) is 0 Å². The first-order valence-corrected chi connectivity index (χ1v) is 8.31. The Kier molecular flexibility index (Phi) is 4.45. The third-order valence-corrected chi connectivity index (χ3v) is 4.61. The molecule has 2 aliphatic heterocycles. The maximum Gasteiger partial charge on any atom is 0.271 e. The normalized spacial score (nSPS) is 20.8. The second-order valence-electron chi connectivity index (χ2n) is 6.22. The molecule has 0 aliphatic carbocycles. The van der Waals surface area contributed by atoms with Crippen molar-refractivity contribution in [3.8, 4) is 0 Å². The Balaban J connectivity index is 1.68. The largest absolute Gasteiger partial charge is 0.351 e. The summed E-state index contributed by atoms with van der Waals surface area (Å²) in [5, 5.41) is 2.87. The van der Waals surface area contributed by atoms with Crippen LogP contribution in [0.1, 0.15) is 48.8 Å². The topological polar surface area (TPSA) is 67.2 Å². The van der Waals surface area contributed by atoms with Crippen LogP contribution >= 0.6 is 0 Å². The zero-order valence-corrected chi connectivity index (χ0v) is 13.2. The van der Waals surface area contributed by atoms with Crippen molar-refractivity contribution in [3.63, 3.8) is 0 Å². The van der Waals surface area contributed by atoms with E-state index in [-0.39, 0.29) is 17.7 Å². The van der Waals surface area contributed by atoms with Gasteiger partial charge in [0.05, 0.1) is 17.9 Å². The second kappa shape index (κ2) is 6.50. The van der Waals surface area contributed by atoms with E-state index in [1.165, 1.54) is 0 Å². The summed E-state index contributed by atoms with van der Waals surface area (Å²) in [5.74, 6) is 0.208. The number of carbonyl (C=O) groups excluding carboxylic acids is 2. The maximum atomic E-state index is 12.5. The zero-order chi connectivity index (χ0) is 15.5. The van der Waals surface area contributed by atoms with Crippen LogP contribution in [0.5, 0.6) is 0 Å². The van der Waals surface area contributed by atoms with Crippen LogP contribution in [0.25, 0.3) is 0 Å². The molecule has 6 heteroatoms. The van der Waals surface area contributed by atoms with E-state index in [2.05, 4.69) is 10.3 Å². The second-order valence-corrected chi connectivity index (χ2v) is 6.22. The first-order valence-electron chi connectivity index (χ1n) is 8.31. The van der Waals surface area contributed by atoms with Gasteiger partial charge in [-0.1, -0.05) is 6.92 Å². The minimum Gasteiger partial charge on any atom is -0.351 e. The van der Waals surface area contributed by atoms with Crippen LogP contribution < -0.4 is 5.32 Å². The fourth-order valence-electron chi connectivity index (χ4n) is 3.38. The number of nitrogens with zero attached hydrogens (tertiary/aromatic N) is 3. The number of fused-ring (bicyclic) bond motifs is 1. The summed E-state index contributed by atoms with van der Waals surface area (Å²) in [5.41, 5.74) is 1.50. The Bertz CT molecular complexity index is 560. The molecule has 1 aromatic heterocycles. The number of carbonyl (C=O) groups is 2. The van der Waals surface area contributed by atoms with Gasteiger partial charge < -0.3 is 14.8 Å². The molecule has 6 nitrogen and oxygen atoms in total. The van der Waals surface area contributed by atoms with Gasteiger partial charge in [-0.3, -0.25) is 9.59 Å². The van der Waals surface area contributed by atoms with Crippen molar-refractivity contribution in [2.24, 2.45) is 5.92 Å². The first-order chi connectivity index (χ1) is 10.7. The van der Waals surface area contributed by atoms with Crippen molar-refractivity contribution in [2.75, 3.05) is 19.6 Å². The number of aromatic nitrogens is 2. The molecule has 2 amide bonds. The summed E-state index contributed by atoms with van der Waals surface area (Å²) in [6, 6.07) is 0. The standard InChI is InChI=1S/C16H24N4O2/c1-2-7-17-15(21)14-13-6-5-12(10-20(13)11-18-14)16(22)19-8-3-4-9-19/h11-12H,2-10H2,1H3,(H,17,21). The lowest BCUT2D eigenvalue weighted by Gasteiger charge is -2.27. The average molecular weight is 304 g/mol. The molecule has 0 radical (unpaired) electrons. The molecule has 1 saturated heterocycles. The Morgan fingerprint density at radius 3 is 2.86 bits per heavy atom. The maximum absolute atomic E-state index is 12.5. The lowest BCUT2D eigenvalue weighted by molar-refractivity contribution is -0.135. The quantitative estimate of drug-likeness (QED) is 0.909. The highest BCUT2D eigenvalue weighted by Gasteiger charge is 2.31. The summed E-state index contributed by atoms with van der Waals surface area (Å²) >= 11 is 0. The molecule has 1 unspecified atom stereocenters. The zero-order valence-electron chi connectivity index (χ0n) is 13.2. The van der Waals surface area contributed by atoms with E-state index in [0.717, 1.165) is 50.9 Å². The number of nitrogens with one attached hydrogen (secondary N) is 1. The van der Waals surface area contributed by atoms with Crippen molar-refractivity contribution < 1.29 is 9.59 Å². The molecule has 1 atom stereocenters. The van der Waals surface area contributed by atoms with Crippen molar-refractivity contribution in [2.45, 2.75) is 45.6 Å². The number of hydrogen-bond donors (Lipinski definition) is 1.